The maximum atomic E-state index is 4.96. The fourth-order valence-electron chi connectivity index (χ4n) is 4.04. The Bertz CT molecular complexity index is 1150. The van der Waals surface area contributed by atoms with Crippen LogP contribution in [0.25, 0.3) is 16.7 Å². The molecule has 0 amide bonds. The number of hydrogen-bond donors (Lipinski definition) is 1. The summed E-state index contributed by atoms with van der Waals surface area (Å²) in [6, 6.07) is 18.5. The van der Waals surface area contributed by atoms with Crippen molar-refractivity contribution in [2.75, 3.05) is 23.3 Å². The highest BCUT2D eigenvalue weighted by Crippen LogP contribution is 2.29. The summed E-state index contributed by atoms with van der Waals surface area (Å²) in [5.74, 6) is 2.20. The van der Waals surface area contributed by atoms with Crippen LogP contribution < -0.4 is 10.2 Å². The zero-order chi connectivity index (χ0) is 20.5. The van der Waals surface area contributed by atoms with Gasteiger partial charge in [0.05, 0.1) is 17.3 Å². The minimum absolute atomic E-state index is 0.644. The Balaban J connectivity index is 1.63. The molecule has 6 heteroatoms. The molecule has 1 fully saturated rings. The fraction of sp³-hybridized carbons (Fsp3) is 0.292. The van der Waals surface area contributed by atoms with Crippen LogP contribution >= 0.6 is 0 Å². The van der Waals surface area contributed by atoms with Gasteiger partial charge in [-0.2, -0.15) is 15.1 Å². The second-order valence-corrected chi connectivity index (χ2v) is 8.19. The van der Waals surface area contributed by atoms with Crippen molar-refractivity contribution in [3.05, 3.63) is 66.4 Å². The first-order chi connectivity index (χ1) is 14.7. The first-order valence-electron chi connectivity index (χ1n) is 10.6. The van der Waals surface area contributed by atoms with Crippen LogP contribution in [0.4, 0.5) is 17.5 Å². The molecule has 0 saturated carbocycles. The summed E-state index contributed by atoms with van der Waals surface area (Å²) in [7, 11) is 0. The molecule has 1 atom stereocenters. The highest BCUT2D eigenvalue weighted by atomic mass is 15.3. The van der Waals surface area contributed by atoms with Gasteiger partial charge in [0.1, 0.15) is 5.82 Å². The molecule has 0 unspecified atom stereocenters. The van der Waals surface area contributed by atoms with Crippen LogP contribution in [0.3, 0.4) is 0 Å². The molecule has 3 heterocycles. The lowest BCUT2D eigenvalue weighted by Crippen LogP contribution is -2.35. The van der Waals surface area contributed by atoms with Crippen LogP contribution in [-0.4, -0.2) is 32.8 Å². The van der Waals surface area contributed by atoms with Crippen LogP contribution in [0.2, 0.25) is 0 Å². The molecule has 0 bridgehead atoms. The normalized spacial score (nSPS) is 16.7. The smallest absolute Gasteiger partial charge is 0.229 e. The van der Waals surface area contributed by atoms with Crippen molar-refractivity contribution >= 4 is 28.5 Å². The van der Waals surface area contributed by atoms with Gasteiger partial charge in [-0.05, 0) is 49.9 Å². The summed E-state index contributed by atoms with van der Waals surface area (Å²) in [5.41, 5.74) is 4.05. The minimum Gasteiger partial charge on any atom is -0.340 e. The lowest BCUT2D eigenvalue weighted by Gasteiger charge is -2.31. The van der Waals surface area contributed by atoms with Crippen molar-refractivity contribution in [2.45, 2.75) is 26.7 Å². The van der Waals surface area contributed by atoms with E-state index in [0.717, 1.165) is 47.3 Å². The maximum absolute atomic E-state index is 4.96. The van der Waals surface area contributed by atoms with E-state index < -0.39 is 0 Å². The van der Waals surface area contributed by atoms with Gasteiger partial charge in [-0.1, -0.05) is 42.8 Å². The first kappa shape index (κ1) is 18.6. The van der Waals surface area contributed by atoms with Crippen molar-refractivity contribution in [1.82, 2.24) is 19.7 Å². The molecule has 2 aromatic carbocycles. The number of fused-ring (bicyclic) bond motifs is 1. The van der Waals surface area contributed by atoms with Crippen molar-refractivity contribution in [3.63, 3.8) is 0 Å². The number of anilines is 3. The Morgan fingerprint density at radius 1 is 1.00 bits per heavy atom. The summed E-state index contributed by atoms with van der Waals surface area (Å²) >= 11 is 0. The SMILES string of the molecule is Cc1ccc(Nc2nc(N3CCC[C@H](C)C3)nc3c2cnn3-c2ccccc2)cc1. The van der Waals surface area contributed by atoms with Gasteiger partial charge in [-0.25, -0.2) is 4.68 Å². The summed E-state index contributed by atoms with van der Waals surface area (Å²) in [5, 5.41) is 9.05. The standard InChI is InChI=1S/C24H26N6/c1-17-10-12-19(13-11-17)26-22-21-15-25-30(20-8-4-3-5-9-20)23(21)28-24(27-22)29-14-6-7-18(2)16-29/h3-5,8-13,15,18H,6-7,14,16H2,1-2H3,(H,26,27,28)/t18-/m0/s1. The average molecular weight is 399 g/mol. The molecule has 2 aromatic heterocycles. The third-order valence-electron chi connectivity index (χ3n) is 5.67. The molecule has 152 valence electrons. The molecule has 1 aliphatic heterocycles. The van der Waals surface area contributed by atoms with E-state index in [1.54, 1.807) is 0 Å². The molecular formula is C24H26N6. The Morgan fingerprint density at radius 2 is 1.80 bits per heavy atom. The number of para-hydroxylation sites is 1. The summed E-state index contributed by atoms with van der Waals surface area (Å²) in [6.45, 7) is 6.35. The van der Waals surface area contributed by atoms with Crippen LogP contribution in [0.5, 0.6) is 0 Å². The molecule has 5 rings (SSSR count). The Labute approximate surface area is 176 Å². The van der Waals surface area contributed by atoms with Gasteiger partial charge in [-0.3, -0.25) is 0 Å². The van der Waals surface area contributed by atoms with Gasteiger partial charge in [0, 0.05) is 18.8 Å². The van der Waals surface area contributed by atoms with E-state index in [0.29, 0.717) is 5.92 Å². The molecule has 1 saturated heterocycles. The summed E-state index contributed by atoms with van der Waals surface area (Å²) < 4.78 is 1.90. The number of piperidine rings is 1. The number of hydrogen-bond acceptors (Lipinski definition) is 5. The van der Waals surface area contributed by atoms with E-state index in [4.69, 9.17) is 9.97 Å². The monoisotopic (exact) mass is 398 g/mol. The highest BCUT2D eigenvalue weighted by molar-refractivity contribution is 5.90. The molecule has 0 spiro atoms. The topological polar surface area (TPSA) is 58.9 Å². The minimum atomic E-state index is 0.644. The predicted molar refractivity (Wildman–Crippen MR) is 122 cm³/mol. The number of nitrogens with one attached hydrogen (secondary N) is 1. The number of aromatic nitrogens is 4. The lowest BCUT2D eigenvalue weighted by molar-refractivity contribution is 0.442. The third-order valence-corrected chi connectivity index (χ3v) is 5.67. The molecule has 30 heavy (non-hydrogen) atoms. The number of benzene rings is 2. The molecule has 6 nitrogen and oxygen atoms in total. The zero-order valence-corrected chi connectivity index (χ0v) is 17.4. The molecule has 0 radical (unpaired) electrons. The predicted octanol–water partition coefficient (Wildman–Crippen LogP) is 5.10. The quantitative estimate of drug-likeness (QED) is 0.518. The van der Waals surface area contributed by atoms with Crippen molar-refractivity contribution in [2.24, 2.45) is 5.92 Å². The third kappa shape index (κ3) is 3.61. The number of aryl methyl sites for hydroxylation is 1. The number of nitrogens with zero attached hydrogens (tertiary/aromatic N) is 5. The second kappa shape index (κ2) is 7.78. The van der Waals surface area contributed by atoms with Gasteiger partial charge in [-0.15, -0.1) is 0 Å². The Morgan fingerprint density at radius 3 is 2.57 bits per heavy atom. The van der Waals surface area contributed by atoms with Gasteiger partial charge in [0.15, 0.2) is 5.65 Å². The second-order valence-electron chi connectivity index (χ2n) is 8.19. The van der Waals surface area contributed by atoms with Gasteiger partial charge in [0.25, 0.3) is 0 Å². The molecule has 4 aromatic rings. The summed E-state index contributed by atoms with van der Waals surface area (Å²) in [4.78, 5) is 12.2. The number of rotatable bonds is 4. The van der Waals surface area contributed by atoms with E-state index in [1.807, 2.05) is 41.2 Å². The van der Waals surface area contributed by atoms with Crippen LogP contribution in [-0.2, 0) is 0 Å². The summed E-state index contributed by atoms with van der Waals surface area (Å²) in [6.07, 6.45) is 4.28. The van der Waals surface area contributed by atoms with Crippen LogP contribution in [0.15, 0.2) is 60.8 Å². The average Bonchev–Trinajstić information content (AvgIpc) is 3.20. The maximum Gasteiger partial charge on any atom is 0.229 e. The van der Waals surface area contributed by atoms with Gasteiger partial charge in [0.2, 0.25) is 5.95 Å². The van der Waals surface area contributed by atoms with Gasteiger partial charge >= 0.3 is 0 Å². The van der Waals surface area contributed by atoms with E-state index in [2.05, 4.69) is 53.4 Å². The molecule has 1 N–H and O–H groups in total. The van der Waals surface area contributed by atoms with E-state index in [9.17, 15) is 0 Å². The Kier molecular flexibility index (Phi) is 4.83. The van der Waals surface area contributed by atoms with Crippen molar-refractivity contribution < 1.29 is 0 Å². The zero-order valence-electron chi connectivity index (χ0n) is 17.4. The fourth-order valence-corrected chi connectivity index (χ4v) is 4.04. The van der Waals surface area contributed by atoms with E-state index in [1.165, 1.54) is 18.4 Å². The van der Waals surface area contributed by atoms with Crippen LogP contribution in [0.1, 0.15) is 25.3 Å². The van der Waals surface area contributed by atoms with E-state index >= 15 is 0 Å². The van der Waals surface area contributed by atoms with Crippen LogP contribution in [0, 0.1) is 12.8 Å². The van der Waals surface area contributed by atoms with Crippen molar-refractivity contribution in [1.29, 1.82) is 0 Å². The lowest BCUT2D eigenvalue weighted by atomic mass is 10.0. The van der Waals surface area contributed by atoms with Gasteiger partial charge < -0.3 is 10.2 Å². The van der Waals surface area contributed by atoms with Crippen molar-refractivity contribution in [3.8, 4) is 5.69 Å². The first-order valence-corrected chi connectivity index (χ1v) is 10.6. The largest absolute Gasteiger partial charge is 0.340 e. The molecular weight excluding hydrogens is 372 g/mol. The molecule has 0 aliphatic carbocycles. The highest BCUT2D eigenvalue weighted by Gasteiger charge is 2.22. The molecule has 1 aliphatic rings. The van der Waals surface area contributed by atoms with E-state index in [-0.39, 0.29) is 0 Å². The Hall–Kier alpha value is -3.41.